The number of aryl methyl sites for hydroxylation is 1. The number of benzene rings is 1. The van der Waals surface area contributed by atoms with Crippen molar-refractivity contribution in [2.75, 3.05) is 13.7 Å². The molecule has 0 amide bonds. The SMILES string of the molecule is CCCNC(Cc1cccc(F)c1)c1c(OC)cnn1C. The van der Waals surface area contributed by atoms with Crippen molar-refractivity contribution >= 4 is 0 Å². The average Bonchev–Trinajstić information content (AvgIpc) is 2.84. The van der Waals surface area contributed by atoms with E-state index in [1.165, 1.54) is 6.07 Å². The Morgan fingerprint density at radius 1 is 1.43 bits per heavy atom. The van der Waals surface area contributed by atoms with Gasteiger partial charge in [-0.15, -0.1) is 0 Å². The zero-order valence-electron chi connectivity index (χ0n) is 12.8. The molecule has 2 rings (SSSR count). The maximum atomic E-state index is 13.4. The van der Waals surface area contributed by atoms with E-state index in [-0.39, 0.29) is 11.9 Å². The third-order valence-corrected chi connectivity index (χ3v) is 3.47. The van der Waals surface area contributed by atoms with Crippen LogP contribution in [0.25, 0.3) is 0 Å². The molecule has 0 aliphatic heterocycles. The highest BCUT2D eigenvalue weighted by Crippen LogP contribution is 2.27. The predicted molar refractivity (Wildman–Crippen MR) is 80.9 cm³/mol. The lowest BCUT2D eigenvalue weighted by molar-refractivity contribution is 0.392. The number of aromatic nitrogens is 2. The van der Waals surface area contributed by atoms with E-state index in [0.717, 1.165) is 30.0 Å². The first kappa shape index (κ1) is 15.5. The zero-order chi connectivity index (χ0) is 15.2. The first-order valence-electron chi connectivity index (χ1n) is 7.19. The maximum Gasteiger partial charge on any atom is 0.161 e. The van der Waals surface area contributed by atoms with Crippen LogP contribution < -0.4 is 10.1 Å². The second-order valence-corrected chi connectivity index (χ2v) is 5.06. The third-order valence-electron chi connectivity index (χ3n) is 3.47. The fourth-order valence-corrected chi connectivity index (χ4v) is 2.47. The predicted octanol–water partition coefficient (Wildman–Crippen LogP) is 2.85. The van der Waals surface area contributed by atoms with Crippen LogP contribution in [0.2, 0.25) is 0 Å². The van der Waals surface area contributed by atoms with Gasteiger partial charge in [-0.3, -0.25) is 4.68 Å². The van der Waals surface area contributed by atoms with E-state index in [1.54, 1.807) is 25.4 Å². The normalized spacial score (nSPS) is 12.4. The lowest BCUT2D eigenvalue weighted by atomic mass is 10.0. The van der Waals surface area contributed by atoms with E-state index in [2.05, 4.69) is 17.3 Å². The van der Waals surface area contributed by atoms with Crippen molar-refractivity contribution in [2.45, 2.75) is 25.8 Å². The third kappa shape index (κ3) is 3.82. The van der Waals surface area contributed by atoms with Crippen LogP contribution in [0.3, 0.4) is 0 Å². The molecule has 0 spiro atoms. The molecule has 5 heteroatoms. The van der Waals surface area contributed by atoms with Gasteiger partial charge in [0.1, 0.15) is 5.82 Å². The highest BCUT2D eigenvalue weighted by Gasteiger charge is 2.20. The Kier molecular flexibility index (Phi) is 5.33. The standard InChI is InChI=1S/C16H22FN3O/c1-4-8-18-14(10-12-6-5-7-13(17)9-12)16-15(21-3)11-19-20(16)2/h5-7,9,11,14,18H,4,8,10H2,1-3H3. The Hall–Kier alpha value is -1.88. The van der Waals surface area contributed by atoms with Crippen LogP contribution in [0.1, 0.15) is 30.6 Å². The summed E-state index contributed by atoms with van der Waals surface area (Å²) in [6.45, 7) is 3.00. The molecule has 1 N–H and O–H groups in total. The van der Waals surface area contributed by atoms with Gasteiger partial charge in [-0.05, 0) is 37.1 Å². The zero-order valence-corrected chi connectivity index (χ0v) is 12.8. The molecule has 0 fully saturated rings. The van der Waals surface area contributed by atoms with E-state index in [0.29, 0.717) is 6.42 Å². The monoisotopic (exact) mass is 291 g/mol. The van der Waals surface area contributed by atoms with Gasteiger partial charge in [0.25, 0.3) is 0 Å². The van der Waals surface area contributed by atoms with Gasteiger partial charge in [0, 0.05) is 7.05 Å². The summed E-state index contributed by atoms with van der Waals surface area (Å²) < 4.78 is 20.6. The van der Waals surface area contributed by atoms with E-state index < -0.39 is 0 Å². The topological polar surface area (TPSA) is 39.1 Å². The fraction of sp³-hybridized carbons (Fsp3) is 0.438. The molecule has 1 unspecified atom stereocenters. The maximum absolute atomic E-state index is 13.4. The minimum absolute atomic E-state index is 0.0363. The second kappa shape index (κ2) is 7.22. The smallest absolute Gasteiger partial charge is 0.161 e. The van der Waals surface area contributed by atoms with Crippen LogP contribution in [0.5, 0.6) is 5.75 Å². The summed E-state index contributed by atoms with van der Waals surface area (Å²) in [6, 6.07) is 6.75. The molecule has 1 heterocycles. The number of hydrogen-bond acceptors (Lipinski definition) is 3. The number of halogens is 1. The van der Waals surface area contributed by atoms with Crippen LogP contribution in [-0.2, 0) is 13.5 Å². The van der Waals surface area contributed by atoms with Crippen LogP contribution >= 0.6 is 0 Å². The van der Waals surface area contributed by atoms with E-state index in [9.17, 15) is 4.39 Å². The van der Waals surface area contributed by atoms with E-state index in [1.807, 2.05) is 17.8 Å². The number of nitrogens with zero attached hydrogens (tertiary/aromatic N) is 2. The molecule has 0 aliphatic carbocycles. The second-order valence-electron chi connectivity index (χ2n) is 5.06. The average molecular weight is 291 g/mol. The number of ether oxygens (including phenoxy) is 1. The highest BCUT2D eigenvalue weighted by atomic mass is 19.1. The molecule has 2 aromatic rings. The molecule has 0 saturated heterocycles. The molecule has 0 aliphatic rings. The van der Waals surface area contributed by atoms with Crippen molar-refractivity contribution in [2.24, 2.45) is 7.05 Å². The summed E-state index contributed by atoms with van der Waals surface area (Å²) in [5.74, 6) is 0.543. The van der Waals surface area contributed by atoms with Crippen molar-refractivity contribution in [1.29, 1.82) is 0 Å². The van der Waals surface area contributed by atoms with Crippen molar-refractivity contribution in [1.82, 2.24) is 15.1 Å². The molecule has 21 heavy (non-hydrogen) atoms. The van der Waals surface area contributed by atoms with Gasteiger partial charge < -0.3 is 10.1 Å². The molecule has 0 saturated carbocycles. The number of rotatable bonds is 7. The van der Waals surface area contributed by atoms with Gasteiger partial charge in [0.15, 0.2) is 5.75 Å². The largest absolute Gasteiger partial charge is 0.493 e. The van der Waals surface area contributed by atoms with E-state index in [4.69, 9.17) is 4.74 Å². The summed E-state index contributed by atoms with van der Waals surface area (Å²) in [6.07, 6.45) is 3.43. The molecular formula is C16H22FN3O. The molecule has 0 bridgehead atoms. The van der Waals surface area contributed by atoms with Crippen molar-refractivity contribution < 1.29 is 9.13 Å². The first-order chi connectivity index (χ1) is 10.2. The van der Waals surface area contributed by atoms with Crippen LogP contribution in [-0.4, -0.2) is 23.4 Å². The quantitative estimate of drug-likeness (QED) is 0.852. The summed E-state index contributed by atoms with van der Waals surface area (Å²) in [5, 5.41) is 7.75. The van der Waals surface area contributed by atoms with Crippen molar-refractivity contribution in [3.8, 4) is 5.75 Å². The summed E-state index contributed by atoms with van der Waals surface area (Å²) in [5.41, 5.74) is 1.93. The van der Waals surface area contributed by atoms with Crippen LogP contribution in [0.4, 0.5) is 4.39 Å². The van der Waals surface area contributed by atoms with Crippen LogP contribution in [0, 0.1) is 5.82 Å². The Balaban J connectivity index is 2.27. The lowest BCUT2D eigenvalue weighted by Crippen LogP contribution is -2.26. The lowest BCUT2D eigenvalue weighted by Gasteiger charge is -2.20. The Labute approximate surface area is 124 Å². The van der Waals surface area contributed by atoms with Gasteiger partial charge in [-0.2, -0.15) is 5.10 Å². The Bertz CT molecular complexity index is 583. The fourth-order valence-electron chi connectivity index (χ4n) is 2.47. The van der Waals surface area contributed by atoms with Gasteiger partial charge in [-0.1, -0.05) is 19.1 Å². The van der Waals surface area contributed by atoms with E-state index >= 15 is 0 Å². The Morgan fingerprint density at radius 2 is 2.24 bits per heavy atom. The molecule has 4 nitrogen and oxygen atoms in total. The van der Waals surface area contributed by atoms with Gasteiger partial charge in [0.05, 0.1) is 25.0 Å². The number of nitrogens with one attached hydrogen (secondary N) is 1. The Morgan fingerprint density at radius 3 is 2.90 bits per heavy atom. The minimum Gasteiger partial charge on any atom is -0.493 e. The van der Waals surface area contributed by atoms with Crippen molar-refractivity contribution in [3.63, 3.8) is 0 Å². The van der Waals surface area contributed by atoms with Gasteiger partial charge >= 0.3 is 0 Å². The highest BCUT2D eigenvalue weighted by molar-refractivity contribution is 5.30. The summed E-state index contributed by atoms with van der Waals surface area (Å²) in [4.78, 5) is 0. The minimum atomic E-state index is -0.210. The molecule has 1 aromatic carbocycles. The van der Waals surface area contributed by atoms with Gasteiger partial charge in [-0.25, -0.2) is 4.39 Å². The molecule has 1 aromatic heterocycles. The summed E-state index contributed by atoms with van der Waals surface area (Å²) in [7, 11) is 3.53. The summed E-state index contributed by atoms with van der Waals surface area (Å²) >= 11 is 0. The molecule has 114 valence electrons. The molecular weight excluding hydrogens is 269 g/mol. The van der Waals surface area contributed by atoms with Crippen molar-refractivity contribution in [3.05, 3.63) is 47.5 Å². The molecule has 1 atom stereocenters. The van der Waals surface area contributed by atoms with Gasteiger partial charge in [0.2, 0.25) is 0 Å². The number of methoxy groups -OCH3 is 1. The first-order valence-corrected chi connectivity index (χ1v) is 7.19. The number of hydrogen-bond donors (Lipinski definition) is 1. The van der Waals surface area contributed by atoms with Crippen LogP contribution in [0.15, 0.2) is 30.5 Å². The molecule has 0 radical (unpaired) electrons.